The molecule has 2 aromatic rings. The Morgan fingerprint density at radius 3 is 2.49 bits per heavy atom. The molecule has 1 N–H and O–H groups in total. The number of halogens is 3. The highest BCUT2D eigenvalue weighted by atomic mass is 79.9. The summed E-state index contributed by atoms with van der Waals surface area (Å²) in [7, 11) is 0. The molecule has 39 heavy (non-hydrogen) atoms. The van der Waals surface area contributed by atoms with E-state index in [2.05, 4.69) is 58.8 Å². The van der Waals surface area contributed by atoms with Crippen LogP contribution in [0.25, 0.3) is 0 Å². The molecule has 1 amide bonds. The fraction of sp³-hybridized carbons (Fsp3) is 0.581. The topological polar surface area (TPSA) is 48.2 Å². The molecule has 6 rings (SSSR count). The number of likely N-dealkylation sites (tertiary alicyclic amines) is 1. The molecule has 4 heterocycles. The van der Waals surface area contributed by atoms with Gasteiger partial charge in [0.05, 0.1) is 10.6 Å². The minimum absolute atomic E-state index is 0.391. The highest BCUT2D eigenvalue weighted by molar-refractivity contribution is 9.10. The monoisotopic (exact) mass is 675 g/mol. The van der Waals surface area contributed by atoms with Gasteiger partial charge < -0.3 is 10.2 Å². The minimum atomic E-state index is 0.391. The Hall–Kier alpha value is -1.28. The predicted octanol–water partition coefficient (Wildman–Crippen LogP) is 6.25. The van der Waals surface area contributed by atoms with Crippen LogP contribution in [-0.4, -0.2) is 65.3 Å². The standard InChI is InChI=1S/C31H38Br2ClN4O/c32-24-18-23-1-2-25-26(3-4-27(34)29(25)33)31(30(23)36-19-24)38-15-9-22(10-16-38)21-7-13-37(14-8-21)28(39)17-20-5-11-35-12-6-20/h3-4,18-22,35H,1-2,5-17H2/q+1. The molecule has 1 aromatic carbocycles. The Labute approximate surface area is 254 Å². The second-order valence-corrected chi connectivity index (χ2v) is 14.0. The molecule has 0 spiro atoms. The summed E-state index contributed by atoms with van der Waals surface area (Å²) in [5.74, 6) is 2.44. The van der Waals surface area contributed by atoms with Crippen LogP contribution in [0.3, 0.4) is 0 Å². The molecular formula is C31H38Br2ClN4O+. The van der Waals surface area contributed by atoms with E-state index < -0.39 is 0 Å². The van der Waals surface area contributed by atoms with Gasteiger partial charge in [0.1, 0.15) is 18.8 Å². The fourth-order valence-corrected chi connectivity index (χ4v) is 8.43. The molecule has 0 bridgehead atoms. The highest BCUT2D eigenvalue weighted by Gasteiger charge is 2.36. The Kier molecular flexibility index (Phi) is 8.79. The van der Waals surface area contributed by atoms with Crippen molar-refractivity contribution in [3.05, 3.63) is 60.7 Å². The number of hydrogen-bond donors (Lipinski definition) is 1. The second-order valence-electron chi connectivity index (χ2n) is 11.8. The number of carbonyl (C=O) groups is 1. The number of pyridine rings is 1. The van der Waals surface area contributed by atoms with Crippen LogP contribution < -0.4 is 5.32 Å². The van der Waals surface area contributed by atoms with Crippen molar-refractivity contribution in [1.82, 2.24) is 15.2 Å². The lowest BCUT2D eigenvalue weighted by Gasteiger charge is -2.37. The zero-order valence-corrected chi connectivity index (χ0v) is 26.5. The molecule has 4 aliphatic rings. The van der Waals surface area contributed by atoms with E-state index >= 15 is 0 Å². The van der Waals surface area contributed by atoms with Crippen molar-refractivity contribution < 1.29 is 9.37 Å². The van der Waals surface area contributed by atoms with Crippen LogP contribution in [0.15, 0.2) is 33.3 Å². The summed E-state index contributed by atoms with van der Waals surface area (Å²) < 4.78 is 4.63. The van der Waals surface area contributed by atoms with E-state index in [-0.39, 0.29) is 0 Å². The maximum Gasteiger partial charge on any atom is 0.233 e. The van der Waals surface area contributed by atoms with Crippen LogP contribution >= 0.6 is 43.5 Å². The first-order chi connectivity index (χ1) is 19.0. The van der Waals surface area contributed by atoms with E-state index in [1.54, 1.807) is 0 Å². The Balaban J connectivity index is 1.15. The Morgan fingerprint density at radius 1 is 1.03 bits per heavy atom. The number of nitrogens with zero attached hydrogens (tertiary/aromatic N) is 3. The summed E-state index contributed by atoms with van der Waals surface area (Å²) in [6, 6.07) is 6.44. The van der Waals surface area contributed by atoms with Crippen molar-refractivity contribution in [2.24, 2.45) is 17.8 Å². The van der Waals surface area contributed by atoms with E-state index in [9.17, 15) is 4.79 Å². The predicted molar refractivity (Wildman–Crippen MR) is 164 cm³/mol. The van der Waals surface area contributed by atoms with Gasteiger partial charge in [0, 0.05) is 47.5 Å². The molecule has 5 nitrogen and oxygen atoms in total. The van der Waals surface area contributed by atoms with Crippen molar-refractivity contribution in [2.45, 2.75) is 57.8 Å². The van der Waals surface area contributed by atoms with Crippen LogP contribution in [-0.2, 0) is 17.6 Å². The van der Waals surface area contributed by atoms with Crippen LogP contribution in [0, 0.1) is 17.8 Å². The lowest BCUT2D eigenvalue weighted by molar-refractivity contribution is -0.541. The largest absolute Gasteiger partial charge is 0.343 e. The summed E-state index contributed by atoms with van der Waals surface area (Å²) in [5, 5.41) is 4.18. The summed E-state index contributed by atoms with van der Waals surface area (Å²) in [6.45, 7) is 6.11. The molecule has 0 atom stereocenters. The molecule has 1 aliphatic carbocycles. The lowest BCUT2D eigenvalue weighted by atomic mass is 9.78. The molecule has 1 aromatic heterocycles. The van der Waals surface area contributed by atoms with Crippen molar-refractivity contribution >= 4 is 55.1 Å². The molecular weight excluding hydrogens is 640 g/mol. The average molecular weight is 678 g/mol. The molecule has 208 valence electrons. The number of hydrogen-bond acceptors (Lipinski definition) is 3. The van der Waals surface area contributed by atoms with Crippen LogP contribution in [0.2, 0.25) is 5.02 Å². The van der Waals surface area contributed by atoms with E-state index in [1.165, 1.54) is 35.2 Å². The van der Waals surface area contributed by atoms with Crippen molar-refractivity contribution in [2.75, 3.05) is 39.3 Å². The smallest absolute Gasteiger partial charge is 0.233 e. The number of nitrogens with one attached hydrogen (secondary N) is 1. The Morgan fingerprint density at radius 2 is 1.74 bits per heavy atom. The lowest BCUT2D eigenvalue weighted by Crippen LogP contribution is -2.43. The number of amides is 1. The third-order valence-corrected chi connectivity index (χ3v) is 11.5. The van der Waals surface area contributed by atoms with Gasteiger partial charge in [0.2, 0.25) is 11.6 Å². The molecule has 3 saturated heterocycles. The molecule has 8 heteroatoms. The van der Waals surface area contributed by atoms with Gasteiger partial charge in [-0.15, -0.1) is 0 Å². The normalized spacial score (nSPS) is 22.8. The Bertz CT molecular complexity index is 1260. The van der Waals surface area contributed by atoms with Gasteiger partial charge in [-0.3, -0.25) is 4.79 Å². The summed E-state index contributed by atoms with van der Waals surface area (Å²) in [4.78, 5) is 20.0. The highest BCUT2D eigenvalue weighted by Crippen LogP contribution is 2.36. The third-order valence-electron chi connectivity index (χ3n) is 9.59. The van der Waals surface area contributed by atoms with Crippen LogP contribution in [0.1, 0.15) is 67.3 Å². The number of aromatic nitrogens is 1. The quantitative estimate of drug-likeness (QED) is 0.391. The minimum Gasteiger partial charge on any atom is -0.343 e. The first-order valence-electron chi connectivity index (χ1n) is 14.7. The average Bonchev–Trinajstić information content (AvgIpc) is 3.12. The number of benzene rings is 1. The summed E-state index contributed by atoms with van der Waals surface area (Å²) in [5.41, 5.74) is 6.22. The number of fused-ring (bicyclic) bond motifs is 2. The number of rotatable bonds is 3. The third kappa shape index (κ3) is 6.02. The van der Waals surface area contributed by atoms with Crippen LogP contribution in [0.4, 0.5) is 0 Å². The number of aryl methyl sites for hydroxylation is 1. The molecule has 0 saturated carbocycles. The molecule has 3 aliphatic heterocycles. The van der Waals surface area contributed by atoms with E-state index in [0.29, 0.717) is 11.8 Å². The number of piperidine rings is 3. The van der Waals surface area contributed by atoms with E-state index in [1.807, 2.05) is 12.3 Å². The SMILES string of the molecule is O=C(CC1CCNCC1)N1CCC(C2CC[N+](=C3c4ccc(Cl)c(Br)c4CCc4cc(Br)cnc43)CC2)CC1. The molecule has 3 fully saturated rings. The summed E-state index contributed by atoms with van der Waals surface area (Å²) in [6.07, 6.45) is 11.6. The number of carbonyl (C=O) groups excluding carboxylic acids is 1. The van der Waals surface area contributed by atoms with Gasteiger partial charge in [-0.1, -0.05) is 11.6 Å². The van der Waals surface area contributed by atoms with Gasteiger partial charge in [-0.05, 0) is 131 Å². The van der Waals surface area contributed by atoms with Gasteiger partial charge in [-0.2, -0.15) is 0 Å². The van der Waals surface area contributed by atoms with Gasteiger partial charge in [0.15, 0.2) is 0 Å². The van der Waals surface area contributed by atoms with Crippen molar-refractivity contribution in [1.29, 1.82) is 0 Å². The summed E-state index contributed by atoms with van der Waals surface area (Å²) >= 11 is 14.0. The van der Waals surface area contributed by atoms with Crippen molar-refractivity contribution in [3.63, 3.8) is 0 Å². The zero-order chi connectivity index (χ0) is 26.9. The second kappa shape index (κ2) is 12.3. The van der Waals surface area contributed by atoms with Crippen molar-refractivity contribution in [3.8, 4) is 0 Å². The maximum atomic E-state index is 12.9. The van der Waals surface area contributed by atoms with Gasteiger partial charge in [0.25, 0.3) is 0 Å². The van der Waals surface area contributed by atoms with E-state index in [0.717, 1.165) is 116 Å². The van der Waals surface area contributed by atoms with Gasteiger partial charge in [-0.25, -0.2) is 9.56 Å². The molecule has 0 radical (unpaired) electrons. The molecule has 0 unspecified atom stereocenters. The maximum absolute atomic E-state index is 12.9. The fourth-order valence-electron chi connectivity index (χ4n) is 7.33. The first kappa shape index (κ1) is 27.9. The van der Waals surface area contributed by atoms with Gasteiger partial charge >= 0.3 is 0 Å². The van der Waals surface area contributed by atoms with Crippen LogP contribution in [0.5, 0.6) is 0 Å². The zero-order valence-electron chi connectivity index (χ0n) is 22.5. The first-order valence-corrected chi connectivity index (χ1v) is 16.7. The van der Waals surface area contributed by atoms with E-state index in [4.69, 9.17) is 16.6 Å².